The van der Waals surface area contributed by atoms with Crippen LogP contribution in [0.3, 0.4) is 0 Å². The van der Waals surface area contributed by atoms with Crippen molar-refractivity contribution in [1.29, 1.82) is 0 Å². The molecule has 1 heterocycles. The fraction of sp³-hybridized carbons (Fsp3) is 0.722. The van der Waals surface area contributed by atoms with E-state index in [1.807, 2.05) is 14.1 Å². The largest absolute Gasteiger partial charge is 0.456 e. The van der Waals surface area contributed by atoms with Crippen LogP contribution in [0.25, 0.3) is 0 Å². The average molecular weight is 386 g/mol. The van der Waals surface area contributed by atoms with Crippen molar-refractivity contribution in [2.75, 3.05) is 40.4 Å². The maximum atomic E-state index is 11.5. The van der Waals surface area contributed by atoms with Crippen LogP contribution in [0.5, 0.6) is 0 Å². The molecule has 0 aromatic rings. The Bertz CT molecular complexity index is 582. The number of carbonyl (C=O) groups excluding carboxylic acids is 3. The molecule has 0 N–H and O–H groups in total. The van der Waals surface area contributed by atoms with Gasteiger partial charge in [-0.1, -0.05) is 0 Å². The summed E-state index contributed by atoms with van der Waals surface area (Å²) in [5, 5.41) is 0. The molecular weight excluding hydrogens is 358 g/mol. The maximum absolute atomic E-state index is 11.5. The minimum atomic E-state index is -1.08. The second-order valence-electron chi connectivity index (χ2n) is 6.89. The summed E-state index contributed by atoms with van der Waals surface area (Å²) in [6, 6.07) is 0. The molecule has 1 fully saturated rings. The first-order valence-corrected chi connectivity index (χ1v) is 8.56. The summed E-state index contributed by atoms with van der Waals surface area (Å²) in [4.78, 5) is 34.3. The Morgan fingerprint density at radius 2 is 1.59 bits per heavy atom. The number of hydrogen-bond acceptors (Lipinski definition) is 8. The van der Waals surface area contributed by atoms with Crippen molar-refractivity contribution in [1.82, 2.24) is 0 Å². The summed E-state index contributed by atoms with van der Waals surface area (Å²) in [5.74, 6) is 0.801. The van der Waals surface area contributed by atoms with Crippen LogP contribution in [0.4, 0.5) is 0 Å². The van der Waals surface area contributed by atoms with Gasteiger partial charge in [-0.15, -0.1) is 6.42 Å². The molecule has 27 heavy (non-hydrogen) atoms. The van der Waals surface area contributed by atoms with Crippen molar-refractivity contribution in [3.8, 4) is 12.3 Å². The predicted octanol–water partition coefficient (Wildman–Crippen LogP) is -0.136. The van der Waals surface area contributed by atoms with Gasteiger partial charge < -0.3 is 28.2 Å². The first-order chi connectivity index (χ1) is 12.6. The van der Waals surface area contributed by atoms with Crippen molar-refractivity contribution in [3.05, 3.63) is 0 Å². The van der Waals surface area contributed by atoms with Crippen LogP contribution in [0.15, 0.2) is 0 Å². The SMILES string of the molecule is C#CC[N+](C)(C)CCOC1OC[C@H](OC(C)=O)[C@H](OC(C)=O)[C@H]1OC(C)=O. The number of likely N-dealkylation sites (N-methyl/N-ethyl adjacent to an activating group) is 1. The lowest BCUT2D eigenvalue weighted by atomic mass is 10.0. The van der Waals surface area contributed by atoms with Crippen LogP contribution in [-0.2, 0) is 38.1 Å². The lowest BCUT2D eigenvalue weighted by molar-refractivity contribution is -0.883. The fourth-order valence-corrected chi connectivity index (χ4v) is 2.59. The third kappa shape index (κ3) is 7.95. The van der Waals surface area contributed by atoms with Gasteiger partial charge in [0.25, 0.3) is 0 Å². The van der Waals surface area contributed by atoms with Crippen molar-refractivity contribution in [3.63, 3.8) is 0 Å². The van der Waals surface area contributed by atoms with E-state index in [2.05, 4.69) is 5.92 Å². The minimum Gasteiger partial charge on any atom is -0.456 e. The van der Waals surface area contributed by atoms with Crippen LogP contribution in [0, 0.1) is 12.3 Å². The van der Waals surface area contributed by atoms with E-state index in [9.17, 15) is 14.4 Å². The lowest BCUT2D eigenvalue weighted by Gasteiger charge is -2.40. The Kier molecular flexibility index (Phi) is 8.69. The molecule has 1 aliphatic rings. The van der Waals surface area contributed by atoms with Crippen molar-refractivity contribution >= 4 is 17.9 Å². The maximum Gasteiger partial charge on any atom is 0.303 e. The van der Waals surface area contributed by atoms with Gasteiger partial charge in [0.1, 0.15) is 13.1 Å². The van der Waals surface area contributed by atoms with Crippen molar-refractivity contribution in [2.45, 2.75) is 45.4 Å². The topological polar surface area (TPSA) is 97.4 Å². The predicted molar refractivity (Wildman–Crippen MR) is 93.0 cm³/mol. The molecule has 0 aromatic heterocycles. The molecule has 9 nitrogen and oxygen atoms in total. The molecule has 0 amide bonds. The zero-order valence-corrected chi connectivity index (χ0v) is 16.4. The lowest BCUT2D eigenvalue weighted by Crippen LogP contribution is -2.58. The summed E-state index contributed by atoms with van der Waals surface area (Å²) >= 11 is 0. The molecule has 0 radical (unpaired) electrons. The number of quaternary nitrogens is 1. The summed E-state index contributed by atoms with van der Waals surface area (Å²) in [5.41, 5.74) is 0. The second kappa shape index (κ2) is 10.3. The van der Waals surface area contributed by atoms with Gasteiger partial charge in [-0.2, -0.15) is 0 Å². The molecule has 0 saturated carbocycles. The first kappa shape index (κ1) is 22.9. The molecule has 0 aliphatic carbocycles. The molecule has 1 rings (SSSR count). The van der Waals surface area contributed by atoms with E-state index in [0.29, 0.717) is 17.6 Å². The highest BCUT2D eigenvalue weighted by Crippen LogP contribution is 2.25. The van der Waals surface area contributed by atoms with E-state index in [0.717, 1.165) is 0 Å². The summed E-state index contributed by atoms with van der Waals surface area (Å²) in [6.07, 6.45) is 1.34. The Hall–Kier alpha value is -2.15. The zero-order valence-electron chi connectivity index (χ0n) is 16.4. The van der Waals surface area contributed by atoms with Crippen LogP contribution in [0.2, 0.25) is 0 Å². The van der Waals surface area contributed by atoms with Gasteiger partial charge in [0.15, 0.2) is 24.6 Å². The van der Waals surface area contributed by atoms with E-state index in [-0.39, 0.29) is 13.2 Å². The first-order valence-electron chi connectivity index (χ1n) is 8.56. The third-order valence-corrected chi connectivity index (χ3v) is 3.80. The van der Waals surface area contributed by atoms with E-state index in [1.165, 1.54) is 20.8 Å². The Balaban J connectivity index is 2.89. The van der Waals surface area contributed by atoms with Crippen LogP contribution < -0.4 is 0 Å². The number of terminal acetylenes is 1. The van der Waals surface area contributed by atoms with E-state index in [4.69, 9.17) is 30.1 Å². The number of esters is 3. The summed E-state index contributed by atoms with van der Waals surface area (Å²) in [6.45, 7) is 4.95. The Morgan fingerprint density at radius 1 is 1.04 bits per heavy atom. The number of carbonyl (C=O) groups is 3. The molecule has 0 spiro atoms. The van der Waals surface area contributed by atoms with Crippen LogP contribution >= 0.6 is 0 Å². The average Bonchev–Trinajstić information content (AvgIpc) is 2.50. The zero-order chi connectivity index (χ0) is 20.6. The van der Waals surface area contributed by atoms with Gasteiger partial charge >= 0.3 is 17.9 Å². The van der Waals surface area contributed by atoms with E-state index >= 15 is 0 Å². The molecule has 1 saturated heterocycles. The summed E-state index contributed by atoms with van der Waals surface area (Å²) in [7, 11) is 3.90. The normalized spacial score (nSPS) is 25.2. The van der Waals surface area contributed by atoms with Crippen molar-refractivity contribution in [2.24, 2.45) is 0 Å². The van der Waals surface area contributed by atoms with Gasteiger partial charge in [-0.3, -0.25) is 14.4 Å². The smallest absolute Gasteiger partial charge is 0.303 e. The van der Waals surface area contributed by atoms with Gasteiger partial charge in [0.2, 0.25) is 0 Å². The second-order valence-corrected chi connectivity index (χ2v) is 6.89. The minimum absolute atomic E-state index is 0.0669. The third-order valence-electron chi connectivity index (χ3n) is 3.80. The molecule has 4 atom stereocenters. The van der Waals surface area contributed by atoms with Gasteiger partial charge in [0.05, 0.1) is 27.3 Å². The van der Waals surface area contributed by atoms with Gasteiger partial charge in [-0.05, 0) is 5.92 Å². The van der Waals surface area contributed by atoms with E-state index in [1.54, 1.807) is 0 Å². The Morgan fingerprint density at radius 3 is 2.11 bits per heavy atom. The van der Waals surface area contributed by atoms with Crippen molar-refractivity contribution < 1.29 is 42.6 Å². The quantitative estimate of drug-likeness (QED) is 0.246. The van der Waals surface area contributed by atoms with E-state index < -0.39 is 42.5 Å². The highest BCUT2D eigenvalue weighted by Gasteiger charge is 2.47. The number of ether oxygens (including phenoxy) is 5. The Labute approximate surface area is 159 Å². The highest BCUT2D eigenvalue weighted by molar-refractivity contribution is 5.68. The monoisotopic (exact) mass is 386 g/mol. The molecule has 1 aliphatic heterocycles. The van der Waals surface area contributed by atoms with Crippen LogP contribution in [-0.4, -0.2) is 87.4 Å². The molecule has 0 bridgehead atoms. The number of rotatable bonds is 8. The van der Waals surface area contributed by atoms with Crippen LogP contribution in [0.1, 0.15) is 20.8 Å². The number of hydrogen-bond donors (Lipinski definition) is 0. The molecule has 1 unspecified atom stereocenters. The molecular formula is C18H28NO8+. The highest BCUT2D eigenvalue weighted by atomic mass is 16.7. The molecule has 9 heteroatoms. The standard InChI is InChI=1S/C18H28NO8/c1-7-8-19(5,6)9-10-23-18-17(27-14(4)22)16(26-13(3)21)15(11-24-18)25-12(2)20/h1,15-18H,8-11H2,2-6H3/q+1/t15-,16-,17+,18?/m0/s1. The summed E-state index contributed by atoms with van der Waals surface area (Å²) < 4.78 is 27.5. The van der Waals surface area contributed by atoms with Gasteiger partial charge in [-0.25, -0.2) is 0 Å². The molecule has 0 aromatic carbocycles. The molecule has 152 valence electrons. The fourth-order valence-electron chi connectivity index (χ4n) is 2.59. The van der Waals surface area contributed by atoms with Gasteiger partial charge in [0, 0.05) is 20.8 Å². The number of nitrogens with zero attached hydrogens (tertiary/aromatic N) is 1.